The lowest BCUT2D eigenvalue weighted by Crippen LogP contribution is -2.12. The number of hydrogen-bond acceptors (Lipinski definition) is 4. The smallest absolute Gasteiger partial charge is 0.150 e. The summed E-state index contributed by atoms with van der Waals surface area (Å²) >= 11 is 10.2. The Kier molecular flexibility index (Phi) is 1.80. The molecule has 1 aliphatic heterocycles. The zero-order valence-electron chi connectivity index (χ0n) is 3.42. The summed E-state index contributed by atoms with van der Waals surface area (Å²) in [7, 11) is 0. The zero-order chi connectivity index (χ0) is 5.28. The van der Waals surface area contributed by atoms with Crippen LogP contribution in [0, 0.1) is 0 Å². The minimum Gasteiger partial charge on any atom is -0.355 e. The molecule has 0 unspecified atom stereocenters. The van der Waals surface area contributed by atoms with E-state index in [2.05, 4.69) is 18.1 Å². The zero-order valence-corrected chi connectivity index (χ0v) is 5.95. The van der Waals surface area contributed by atoms with E-state index < -0.39 is 0 Å². The summed E-state index contributed by atoms with van der Waals surface area (Å²) < 4.78 is 2.54. The summed E-state index contributed by atoms with van der Waals surface area (Å²) in [6.07, 6.45) is 0. The van der Waals surface area contributed by atoms with Gasteiger partial charge in [0.15, 0.2) is 4.32 Å². The van der Waals surface area contributed by atoms with Gasteiger partial charge in [0.05, 0.1) is 6.67 Å². The molecule has 1 fully saturated rings. The molecule has 1 rings (SSSR count). The second-order valence-corrected chi connectivity index (χ2v) is 3.52. The fourth-order valence-electron chi connectivity index (χ4n) is 0.292. The first-order valence-electron chi connectivity index (χ1n) is 1.71. The predicted molar refractivity (Wildman–Crippen MR) is 39.0 cm³/mol. The summed E-state index contributed by atoms with van der Waals surface area (Å²) in [4.78, 5) is 0. The number of thiocarbonyl (C=S) groups is 1. The lowest BCUT2D eigenvalue weighted by atomic mass is 11.1. The van der Waals surface area contributed by atoms with Gasteiger partial charge in [-0.25, -0.2) is 0 Å². The highest BCUT2D eigenvalue weighted by Gasteiger charge is 2.11. The van der Waals surface area contributed by atoms with Crippen LogP contribution >= 0.6 is 37.0 Å². The first kappa shape index (κ1) is 5.68. The molecule has 0 bridgehead atoms. The van der Waals surface area contributed by atoms with E-state index in [0.717, 1.165) is 11.0 Å². The van der Waals surface area contributed by atoms with Crippen molar-refractivity contribution in [2.24, 2.45) is 0 Å². The van der Waals surface area contributed by atoms with E-state index in [1.165, 1.54) is 11.9 Å². The van der Waals surface area contributed by atoms with Crippen molar-refractivity contribution in [3.63, 3.8) is 0 Å². The summed E-state index contributed by atoms with van der Waals surface area (Å²) in [5.41, 5.74) is 0. The van der Waals surface area contributed by atoms with Crippen LogP contribution in [0.5, 0.6) is 0 Å². The third kappa shape index (κ3) is 1.49. The standard InChI is InChI=1S/C2H4N2S3/c5-2-3-1-4(6)7-2/h6H,1H2,(H,3,5). The molecule has 0 aromatic heterocycles. The third-order valence-corrected chi connectivity index (χ3v) is 1.95. The minimum atomic E-state index is 0.743. The lowest BCUT2D eigenvalue weighted by Gasteiger charge is -1.94. The maximum absolute atomic E-state index is 4.76. The Morgan fingerprint density at radius 1 is 2.00 bits per heavy atom. The van der Waals surface area contributed by atoms with Crippen molar-refractivity contribution in [1.82, 2.24) is 9.03 Å². The second kappa shape index (κ2) is 2.21. The molecule has 0 aliphatic carbocycles. The van der Waals surface area contributed by atoms with E-state index in [1.807, 2.05) is 0 Å². The van der Waals surface area contributed by atoms with Gasteiger partial charge in [0.2, 0.25) is 0 Å². The van der Waals surface area contributed by atoms with Crippen LogP contribution < -0.4 is 5.32 Å². The number of hydrogen-bond donors (Lipinski definition) is 2. The molecule has 0 amide bonds. The summed E-state index contributed by atoms with van der Waals surface area (Å²) in [5.74, 6) is 0. The SMILES string of the molecule is S=C1NCN(S)S1. The quantitative estimate of drug-likeness (QED) is 0.300. The minimum absolute atomic E-state index is 0.743. The fourth-order valence-corrected chi connectivity index (χ4v) is 1.56. The average molecular weight is 152 g/mol. The van der Waals surface area contributed by atoms with Gasteiger partial charge in [0.25, 0.3) is 0 Å². The van der Waals surface area contributed by atoms with Gasteiger partial charge in [-0.15, -0.1) is 0 Å². The number of rotatable bonds is 0. The van der Waals surface area contributed by atoms with Crippen molar-refractivity contribution in [3.05, 3.63) is 0 Å². The van der Waals surface area contributed by atoms with Gasteiger partial charge >= 0.3 is 0 Å². The maximum Gasteiger partial charge on any atom is 0.150 e. The van der Waals surface area contributed by atoms with E-state index in [9.17, 15) is 0 Å². The summed E-state index contributed by atoms with van der Waals surface area (Å²) in [5, 5.41) is 2.91. The Morgan fingerprint density at radius 3 is 2.86 bits per heavy atom. The molecule has 1 heterocycles. The Balaban J connectivity index is 2.40. The molecular weight excluding hydrogens is 148 g/mol. The monoisotopic (exact) mass is 152 g/mol. The largest absolute Gasteiger partial charge is 0.355 e. The van der Waals surface area contributed by atoms with Gasteiger partial charge < -0.3 is 5.32 Å². The highest BCUT2D eigenvalue weighted by molar-refractivity contribution is 8.25. The topological polar surface area (TPSA) is 15.3 Å². The van der Waals surface area contributed by atoms with Gasteiger partial charge in [0, 0.05) is 11.9 Å². The number of nitrogens with one attached hydrogen (secondary N) is 1. The van der Waals surface area contributed by atoms with Crippen molar-refractivity contribution in [1.29, 1.82) is 0 Å². The second-order valence-electron chi connectivity index (χ2n) is 1.07. The molecule has 1 saturated heterocycles. The van der Waals surface area contributed by atoms with E-state index in [1.54, 1.807) is 3.71 Å². The first-order chi connectivity index (χ1) is 3.29. The van der Waals surface area contributed by atoms with Crippen LogP contribution in [0.2, 0.25) is 0 Å². The Labute approximate surface area is 57.3 Å². The molecule has 2 nitrogen and oxygen atoms in total. The van der Waals surface area contributed by atoms with Crippen molar-refractivity contribution in [2.75, 3.05) is 6.67 Å². The van der Waals surface area contributed by atoms with Crippen molar-refractivity contribution in [2.45, 2.75) is 0 Å². The van der Waals surface area contributed by atoms with Crippen LogP contribution in [0.25, 0.3) is 0 Å². The number of thiol groups is 1. The van der Waals surface area contributed by atoms with Crippen LogP contribution in [0.15, 0.2) is 0 Å². The molecular formula is C2H4N2S3. The average Bonchev–Trinajstić information content (AvgIpc) is 1.87. The van der Waals surface area contributed by atoms with Crippen LogP contribution in [0.1, 0.15) is 0 Å². The van der Waals surface area contributed by atoms with Gasteiger partial charge in [-0.2, -0.15) is 3.71 Å². The van der Waals surface area contributed by atoms with Gasteiger partial charge in [-0.05, 0) is 0 Å². The predicted octanol–water partition coefficient (Wildman–Crippen LogP) is 0.627. The molecule has 1 N–H and O–H groups in total. The third-order valence-electron chi connectivity index (χ3n) is 0.547. The van der Waals surface area contributed by atoms with Crippen molar-refractivity contribution >= 4 is 41.3 Å². The molecule has 0 atom stereocenters. The number of nitrogens with zero attached hydrogens (tertiary/aromatic N) is 1. The first-order valence-corrected chi connectivity index (χ1v) is 3.29. The highest BCUT2D eigenvalue weighted by atomic mass is 32.2. The molecule has 0 aromatic carbocycles. The van der Waals surface area contributed by atoms with Crippen LogP contribution in [0.4, 0.5) is 0 Å². The van der Waals surface area contributed by atoms with Crippen molar-refractivity contribution in [3.8, 4) is 0 Å². The summed E-state index contributed by atoms with van der Waals surface area (Å²) in [6, 6.07) is 0. The Bertz CT molecular complexity index is 92.9. The van der Waals surface area contributed by atoms with E-state index >= 15 is 0 Å². The molecule has 0 radical (unpaired) electrons. The molecule has 5 heteroatoms. The van der Waals surface area contributed by atoms with E-state index in [4.69, 9.17) is 12.2 Å². The molecule has 1 aliphatic rings. The normalized spacial score (nSPS) is 22.7. The van der Waals surface area contributed by atoms with Crippen LogP contribution in [-0.4, -0.2) is 14.7 Å². The van der Waals surface area contributed by atoms with Gasteiger partial charge in [-0.3, -0.25) is 0 Å². The van der Waals surface area contributed by atoms with Gasteiger partial charge in [0.1, 0.15) is 0 Å². The molecule has 7 heavy (non-hydrogen) atoms. The van der Waals surface area contributed by atoms with Crippen LogP contribution in [-0.2, 0) is 0 Å². The van der Waals surface area contributed by atoms with Gasteiger partial charge in [-0.1, -0.05) is 25.0 Å². The van der Waals surface area contributed by atoms with Crippen LogP contribution in [0.3, 0.4) is 0 Å². The van der Waals surface area contributed by atoms with E-state index in [-0.39, 0.29) is 0 Å². The summed E-state index contributed by atoms with van der Waals surface area (Å²) in [6.45, 7) is 0.743. The Morgan fingerprint density at radius 2 is 2.71 bits per heavy atom. The lowest BCUT2D eigenvalue weighted by molar-refractivity contribution is 0.739. The highest BCUT2D eigenvalue weighted by Crippen LogP contribution is 2.17. The maximum atomic E-state index is 4.76. The molecule has 0 aromatic rings. The molecule has 40 valence electrons. The molecule has 0 spiro atoms. The fraction of sp³-hybridized carbons (Fsp3) is 0.500. The Hall–Kier alpha value is 0.550. The van der Waals surface area contributed by atoms with Crippen molar-refractivity contribution < 1.29 is 0 Å². The van der Waals surface area contributed by atoms with E-state index in [0.29, 0.717) is 0 Å². The molecule has 0 saturated carbocycles.